The predicted molar refractivity (Wildman–Crippen MR) is 97.5 cm³/mol. The number of para-hydroxylation sites is 1. The van der Waals surface area contributed by atoms with Crippen LogP contribution in [0.25, 0.3) is 0 Å². The van der Waals surface area contributed by atoms with Crippen LogP contribution in [0.1, 0.15) is 11.1 Å². The molecule has 2 N–H and O–H groups in total. The third kappa shape index (κ3) is 3.19. The zero-order valence-electron chi connectivity index (χ0n) is 14.1. The molecule has 0 fully saturated rings. The normalized spacial score (nSPS) is 16.2. The minimum atomic E-state index is -1.21. The topological polar surface area (TPSA) is 73.8 Å². The summed E-state index contributed by atoms with van der Waals surface area (Å²) >= 11 is 0. The minimum absolute atomic E-state index is 0.249. The maximum atomic E-state index is 14.4. The lowest BCUT2D eigenvalue weighted by molar-refractivity contribution is -0.119. The van der Waals surface area contributed by atoms with E-state index in [9.17, 15) is 14.0 Å². The van der Waals surface area contributed by atoms with Crippen LogP contribution in [-0.4, -0.2) is 30.9 Å². The first kappa shape index (κ1) is 17.3. The summed E-state index contributed by atoms with van der Waals surface area (Å²) in [7, 11) is 1.58. The molecule has 0 spiro atoms. The molecule has 1 unspecified atom stereocenters. The van der Waals surface area contributed by atoms with Crippen molar-refractivity contribution in [3.63, 3.8) is 0 Å². The molecular formula is C19H17FN4O2. The molecule has 0 radical (unpaired) electrons. The summed E-state index contributed by atoms with van der Waals surface area (Å²) in [5.74, 6) is -0.907. The van der Waals surface area contributed by atoms with Crippen molar-refractivity contribution in [3.05, 3.63) is 78.3 Å². The number of amides is 3. The number of carbonyl (C=O) groups excluding carboxylic acids is 2. The van der Waals surface area contributed by atoms with Crippen molar-refractivity contribution in [2.24, 2.45) is 4.99 Å². The highest BCUT2D eigenvalue weighted by Gasteiger charge is 2.31. The van der Waals surface area contributed by atoms with Crippen molar-refractivity contribution >= 4 is 23.3 Å². The molecule has 1 heterocycles. The van der Waals surface area contributed by atoms with E-state index in [-0.39, 0.29) is 5.56 Å². The first-order chi connectivity index (χ1) is 12.5. The Morgan fingerprint density at radius 3 is 2.54 bits per heavy atom. The van der Waals surface area contributed by atoms with E-state index >= 15 is 0 Å². The second-order valence-electron chi connectivity index (χ2n) is 5.60. The maximum Gasteiger partial charge on any atom is 0.320 e. The maximum absolute atomic E-state index is 14.4. The van der Waals surface area contributed by atoms with E-state index in [4.69, 9.17) is 0 Å². The molecule has 1 atom stereocenters. The van der Waals surface area contributed by atoms with Crippen molar-refractivity contribution in [2.45, 2.75) is 6.17 Å². The van der Waals surface area contributed by atoms with Crippen LogP contribution in [0, 0.1) is 5.82 Å². The standard InChI is InChI=1S/C19H17FN4O2/c1-3-21-19(26)23-17-18(25)24(2)15-11-7-5-9-13(15)16(22-17)12-8-4-6-10-14(12)20/h3-11,17H,1H2,2H3,(H2,21,23,26). The average molecular weight is 352 g/mol. The van der Waals surface area contributed by atoms with Crippen molar-refractivity contribution in [3.8, 4) is 0 Å². The monoisotopic (exact) mass is 352 g/mol. The molecular weight excluding hydrogens is 335 g/mol. The van der Waals surface area contributed by atoms with Crippen molar-refractivity contribution in [2.75, 3.05) is 11.9 Å². The zero-order chi connectivity index (χ0) is 18.7. The summed E-state index contributed by atoms with van der Waals surface area (Å²) < 4.78 is 14.4. The van der Waals surface area contributed by atoms with Crippen LogP contribution in [0.4, 0.5) is 14.9 Å². The number of rotatable bonds is 3. The number of urea groups is 1. The van der Waals surface area contributed by atoms with Gasteiger partial charge in [0, 0.05) is 18.2 Å². The molecule has 132 valence electrons. The van der Waals surface area contributed by atoms with Crippen LogP contribution in [0.3, 0.4) is 0 Å². The molecule has 0 aliphatic carbocycles. The molecule has 3 rings (SSSR count). The largest absolute Gasteiger partial charge is 0.320 e. The molecule has 7 heteroatoms. The lowest BCUT2D eigenvalue weighted by atomic mass is 10.00. The van der Waals surface area contributed by atoms with E-state index in [1.54, 1.807) is 49.5 Å². The van der Waals surface area contributed by atoms with Gasteiger partial charge in [-0.15, -0.1) is 0 Å². The van der Waals surface area contributed by atoms with E-state index in [0.717, 1.165) is 0 Å². The third-order valence-corrected chi connectivity index (χ3v) is 3.97. The lowest BCUT2D eigenvalue weighted by Crippen LogP contribution is -2.48. The Hall–Kier alpha value is -3.48. The van der Waals surface area contributed by atoms with Gasteiger partial charge >= 0.3 is 6.03 Å². The number of fused-ring (bicyclic) bond motifs is 1. The van der Waals surface area contributed by atoms with Gasteiger partial charge in [-0.25, -0.2) is 14.2 Å². The fourth-order valence-corrected chi connectivity index (χ4v) is 2.74. The summed E-state index contributed by atoms with van der Waals surface area (Å²) in [6, 6.07) is 12.6. The van der Waals surface area contributed by atoms with Gasteiger partial charge in [-0.1, -0.05) is 36.9 Å². The van der Waals surface area contributed by atoms with E-state index in [1.165, 1.54) is 17.2 Å². The Morgan fingerprint density at radius 1 is 1.19 bits per heavy atom. The summed E-state index contributed by atoms with van der Waals surface area (Å²) in [6.07, 6.45) is -0.0156. The van der Waals surface area contributed by atoms with E-state index in [2.05, 4.69) is 22.2 Å². The smallest absolute Gasteiger partial charge is 0.315 e. The van der Waals surface area contributed by atoms with Crippen LogP contribution in [0.5, 0.6) is 0 Å². The Kier molecular flexibility index (Phi) is 4.79. The highest BCUT2D eigenvalue weighted by molar-refractivity contribution is 6.20. The Labute approximate surface area is 150 Å². The third-order valence-electron chi connectivity index (χ3n) is 3.97. The molecule has 2 aromatic rings. The molecule has 2 aromatic carbocycles. The number of benzene rings is 2. The first-order valence-corrected chi connectivity index (χ1v) is 7.90. The predicted octanol–water partition coefficient (Wildman–Crippen LogP) is 2.41. The summed E-state index contributed by atoms with van der Waals surface area (Å²) in [6.45, 7) is 3.40. The SMILES string of the molecule is C=CNC(=O)NC1N=C(c2ccccc2F)c2ccccc2N(C)C1=O. The lowest BCUT2D eigenvalue weighted by Gasteiger charge is -2.20. The molecule has 6 nitrogen and oxygen atoms in total. The number of anilines is 1. The van der Waals surface area contributed by atoms with Crippen molar-refractivity contribution in [1.82, 2.24) is 10.6 Å². The van der Waals surface area contributed by atoms with Crippen LogP contribution in [0.2, 0.25) is 0 Å². The zero-order valence-corrected chi connectivity index (χ0v) is 14.1. The summed E-state index contributed by atoms with van der Waals surface area (Å²) in [4.78, 5) is 30.4. The second-order valence-corrected chi connectivity index (χ2v) is 5.60. The number of benzodiazepines with no additional fused rings is 1. The van der Waals surface area contributed by atoms with Crippen molar-refractivity contribution in [1.29, 1.82) is 0 Å². The van der Waals surface area contributed by atoms with Crippen LogP contribution in [0.15, 0.2) is 66.3 Å². The minimum Gasteiger partial charge on any atom is -0.315 e. The van der Waals surface area contributed by atoms with E-state index in [1.807, 2.05) is 0 Å². The fourth-order valence-electron chi connectivity index (χ4n) is 2.74. The molecule has 1 aliphatic rings. The van der Waals surface area contributed by atoms with Crippen molar-refractivity contribution < 1.29 is 14.0 Å². The highest BCUT2D eigenvalue weighted by Crippen LogP contribution is 2.27. The average Bonchev–Trinajstić information content (AvgIpc) is 2.74. The number of likely N-dealkylation sites (N-methyl/N-ethyl adjacent to an activating group) is 1. The van der Waals surface area contributed by atoms with Crippen LogP contribution in [-0.2, 0) is 4.79 Å². The molecule has 0 saturated carbocycles. The van der Waals surface area contributed by atoms with Crippen LogP contribution < -0.4 is 15.5 Å². The summed E-state index contributed by atoms with van der Waals surface area (Å²) in [5.41, 5.74) is 1.72. The van der Waals surface area contributed by atoms with Gasteiger partial charge in [0.25, 0.3) is 5.91 Å². The number of halogens is 1. The number of carbonyl (C=O) groups is 2. The highest BCUT2D eigenvalue weighted by atomic mass is 19.1. The Bertz CT molecular complexity index is 910. The van der Waals surface area contributed by atoms with Gasteiger partial charge in [0.2, 0.25) is 6.17 Å². The van der Waals surface area contributed by atoms with Gasteiger partial charge in [0.1, 0.15) is 5.82 Å². The number of hydrogen-bond donors (Lipinski definition) is 2. The molecule has 26 heavy (non-hydrogen) atoms. The molecule has 0 aromatic heterocycles. The second kappa shape index (κ2) is 7.18. The number of nitrogens with zero attached hydrogens (tertiary/aromatic N) is 2. The quantitative estimate of drug-likeness (QED) is 0.890. The van der Waals surface area contributed by atoms with Gasteiger partial charge in [-0.2, -0.15) is 0 Å². The van der Waals surface area contributed by atoms with Gasteiger partial charge < -0.3 is 15.5 Å². The Balaban J connectivity index is 2.17. The first-order valence-electron chi connectivity index (χ1n) is 7.90. The number of aliphatic imine (C=N–C) groups is 1. The van der Waals surface area contributed by atoms with Gasteiger partial charge in [-0.05, 0) is 24.4 Å². The molecule has 3 amide bonds. The van der Waals surface area contributed by atoms with Gasteiger partial charge in [-0.3, -0.25) is 4.79 Å². The van der Waals surface area contributed by atoms with E-state index in [0.29, 0.717) is 17.0 Å². The van der Waals surface area contributed by atoms with Gasteiger partial charge in [0.05, 0.1) is 11.4 Å². The molecule has 1 aliphatic heterocycles. The fraction of sp³-hybridized carbons (Fsp3) is 0.105. The Morgan fingerprint density at radius 2 is 1.85 bits per heavy atom. The summed E-state index contributed by atoms with van der Waals surface area (Å²) in [5, 5.41) is 4.81. The van der Waals surface area contributed by atoms with Gasteiger partial charge in [0.15, 0.2) is 0 Å². The molecule has 0 saturated heterocycles. The molecule has 0 bridgehead atoms. The number of nitrogens with one attached hydrogen (secondary N) is 2. The van der Waals surface area contributed by atoms with E-state index < -0.39 is 23.9 Å². The number of hydrogen-bond acceptors (Lipinski definition) is 3. The van der Waals surface area contributed by atoms with Crippen LogP contribution >= 0.6 is 0 Å².